The van der Waals surface area contributed by atoms with Crippen LogP contribution in [0.5, 0.6) is 0 Å². The quantitative estimate of drug-likeness (QED) is 0.228. The zero-order valence-corrected chi connectivity index (χ0v) is 16.1. The largest absolute Gasteiger partial charge is 0.330 e. The van der Waals surface area contributed by atoms with Crippen LogP contribution in [0.3, 0.4) is 0 Å². The van der Waals surface area contributed by atoms with E-state index in [0.29, 0.717) is 5.69 Å². The van der Waals surface area contributed by atoms with E-state index < -0.39 is 0 Å². The van der Waals surface area contributed by atoms with Crippen LogP contribution >= 0.6 is 42.3 Å². The van der Waals surface area contributed by atoms with Crippen LogP contribution in [0.25, 0.3) is 10.9 Å². The number of nitrogens with zero attached hydrogens (tertiary/aromatic N) is 2. The SMILES string of the molecule is C/C=C(\C#N)C(=O)c1cc2cc(C)c(NSC)cc2n1SI. The van der Waals surface area contributed by atoms with Crippen molar-refractivity contribution < 1.29 is 4.79 Å². The second kappa shape index (κ2) is 7.44. The number of halogens is 1. The first kappa shape index (κ1) is 17.2. The summed E-state index contributed by atoms with van der Waals surface area (Å²) in [7, 11) is 1.43. The summed E-state index contributed by atoms with van der Waals surface area (Å²) in [5.41, 5.74) is 3.77. The molecule has 1 aromatic carbocycles. The molecule has 0 unspecified atom stereocenters. The van der Waals surface area contributed by atoms with Crippen molar-refractivity contribution >= 4 is 64.6 Å². The molecule has 4 nitrogen and oxygen atoms in total. The number of allylic oxidation sites excluding steroid dienone is 2. The minimum absolute atomic E-state index is 0.161. The Kier molecular flexibility index (Phi) is 5.83. The molecular formula is C15H14IN3OS2. The molecule has 0 amide bonds. The third-order valence-electron chi connectivity index (χ3n) is 3.27. The number of benzene rings is 1. The van der Waals surface area contributed by atoms with E-state index in [4.69, 9.17) is 5.26 Å². The Balaban J connectivity index is 2.67. The molecular weight excluding hydrogens is 429 g/mol. The lowest BCUT2D eigenvalue weighted by atomic mass is 10.1. The number of carbonyl (C=O) groups is 1. The maximum absolute atomic E-state index is 12.5. The van der Waals surface area contributed by atoms with Crippen molar-refractivity contribution in [1.82, 2.24) is 3.97 Å². The fourth-order valence-electron chi connectivity index (χ4n) is 2.18. The fourth-order valence-corrected chi connectivity index (χ4v) is 4.34. The van der Waals surface area contributed by atoms with E-state index in [1.165, 1.54) is 21.1 Å². The predicted molar refractivity (Wildman–Crippen MR) is 105 cm³/mol. The molecule has 0 saturated carbocycles. The van der Waals surface area contributed by atoms with Gasteiger partial charge < -0.3 is 4.72 Å². The van der Waals surface area contributed by atoms with Gasteiger partial charge in [0.05, 0.1) is 11.1 Å². The van der Waals surface area contributed by atoms with Gasteiger partial charge in [-0.1, -0.05) is 18.0 Å². The Morgan fingerprint density at radius 2 is 2.18 bits per heavy atom. The number of nitrogens with one attached hydrogen (secondary N) is 1. The van der Waals surface area contributed by atoms with E-state index in [0.717, 1.165) is 22.2 Å². The monoisotopic (exact) mass is 443 g/mol. The molecule has 0 atom stereocenters. The number of rotatable bonds is 5. The molecule has 0 aliphatic rings. The summed E-state index contributed by atoms with van der Waals surface area (Å²) in [6.45, 7) is 3.73. The van der Waals surface area contributed by atoms with Gasteiger partial charge in [-0.3, -0.25) is 8.77 Å². The van der Waals surface area contributed by atoms with Crippen LogP contribution in [0.15, 0.2) is 29.8 Å². The Morgan fingerprint density at radius 1 is 1.45 bits per heavy atom. The molecule has 1 N–H and O–H groups in total. The van der Waals surface area contributed by atoms with E-state index in [2.05, 4.69) is 32.0 Å². The van der Waals surface area contributed by atoms with Crippen LogP contribution in [0, 0.1) is 18.3 Å². The first-order chi connectivity index (χ1) is 10.6. The van der Waals surface area contributed by atoms with E-state index in [1.54, 1.807) is 13.0 Å². The predicted octanol–water partition coefficient (Wildman–Crippen LogP) is 5.14. The number of aryl methyl sites for hydroxylation is 1. The number of hydrogen-bond donors (Lipinski definition) is 1. The zero-order valence-electron chi connectivity index (χ0n) is 12.3. The lowest BCUT2D eigenvalue weighted by Gasteiger charge is -2.08. The number of anilines is 1. The minimum atomic E-state index is -0.248. The summed E-state index contributed by atoms with van der Waals surface area (Å²) in [5, 5.41) is 10.1. The highest BCUT2D eigenvalue weighted by molar-refractivity contribution is 14.2. The Bertz CT molecular complexity index is 805. The average Bonchev–Trinajstić information content (AvgIpc) is 2.86. The third-order valence-corrected chi connectivity index (χ3v) is 5.41. The Morgan fingerprint density at radius 3 is 2.73 bits per heavy atom. The number of Topliss-reactive ketones (excluding diaryl/α,β-unsaturated/α-hetero) is 1. The van der Waals surface area contributed by atoms with Crippen LogP contribution in [0.2, 0.25) is 0 Å². The lowest BCUT2D eigenvalue weighted by Crippen LogP contribution is -2.05. The van der Waals surface area contributed by atoms with E-state index in [9.17, 15) is 4.79 Å². The standard InChI is InChI=1S/C15H14IN3OS2/c1-4-10(8-17)15(20)14-6-11-5-9(2)12(18-21-3)7-13(11)19(14)22-16/h4-7,18H,1-3H3/b10-4+. The normalized spacial score (nSPS) is 11.5. The first-order valence-electron chi connectivity index (χ1n) is 6.42. The maximum Gasteiger partial charge on any atom is 0.220 e. The molecule has 2 aromatic rings. The molecule has 0 aliphatic heterocycles. The summed E-state index contributed by atoms with van der Waals surface area (Å²) in [4.78, 5) is 12.5. The van der Waals surface area contributed by atoms with E-state index in [1.807, 2.05) is 35.4 Å². The summed E-state index contributed by atoms with van der Waals surface area (Å²) < 4.78 is 5.11. The van der Waals surface area contributed by atoms with E-state index in [-0.39, 0.29) is 11.4 Å². The van der Waals surface area contributed by atoms with Gasteiger partial charge >= 0.3 is 0 Å². The van der Waals surface area contributed by atoms with Crippen molar-refractivity contribution in [3.05, 3.63) is 41.1 Å². The van der Waals surface area contributed by atoms with Crippen molar-refractivity contribution in [3.63, 3.8) is 0 Å². The van der Waals surface area contributed by atoms with Crippen LogP contribution in [-0.2, 0) is 0 Å². The van der Waals surface area contributed by atoms with Gasteiger partial charge in [-0.25, -0.2) is 0 Å². The highest BCUT2D eigenvalue weighted by Gasteiger charge is 2.19. The Labute approximate surface area is 150 Å². The number of nitriles is 1. The molecule has 0 radical (unpaired) electrons. The van der Waals surface area contributed by atoms with Gasteiger partial charge in [-0.2, -0.15) is 5.26 Å². The summed E-state index contributed by atoms with van der Waals surface area (Å²) >= 11 is 3.67. The number of ketones is 1. The minimum Gasteiger partial charge on any atom is -0.330 e. The number of fused-ring (bicyclic) bond motifs is 1. The van der Waals surface area contributed by atoms with Gasteiger partial charge in [0.2, 0.25) is 5.78 Å². The molecule has 0 fully saturated rings. The molecule has 114 valence electrons. The molecule has 0 saturated heterocycles. The molecule has 0 spiro atoms. The molecule has 22 heavy (non-hydrogen) atoms. The average molecular weight is 443 g/mol. The first-order valence-corrected chi connectivity index (χ1v) is 11.0. The van der Waals surface area contributed by atoms with Crippen molar-refractivity contribution in [3.8, 4) is 6.07 Å². The molecule has 1 aromatic heterocycles. The third kappa shape index (κ3) is 3.14. The van der Waals surface area contributed by atoms with Gasteiger partial charge in [0.1, 0.15) is 11.8 Å². The highest BCUT2D eigenvalue weighted by atomic mass is 127. The van der Waals surface area contributed by atoms with Crippen molar-refractivity contribution in [2.75, 3.05) is 11.0 Å². The highest BCUT2D eigenvalue weighted by Crippen LogP contribution is 2.33. The number of carbonyl (C=O) groups excluding carboxylic acids is 1. The molecule has 2 rings (SSSR count). The molecule has 0 aliphatic carbocycles. The van der Waals surface area contributed by atoms with Crippen molar-refractivity contribution in [2.45, 2.75) is 13.8 Å². The zero-order chi connectivity index (χ0) is 16.3. The van der Waals surface area contributed by atoms with Gasteiger partial charge in [-0.05, 0) is 37.6 Å². The lowest BCUT2D eigenvalue weighted by molar-refractivity contribution is 0.103. The van der Waals surface area contributed by atoms with Crippen molar-refractivity contribution in [2.24, 2.45) is 0 Å². The van der Waals surface area contributed by atoms with Crippen LogP contribution < -0.4 is 4.72 Å². The van der Waals surface area contributed by atoms with Gasteiger partial charge in [-0.15, -0.1) is 0 Å². The molecule has 7 heteroatoms. The van der Waals surface area contributed by atoms with Crippen molar-refractivity contribution in [1.29, 1.82) is 5.26 Å². The topological polar surface area (TPSA) is 57.8 Å². The summed E-state index contributed by atoms with van der Waals surface area (Å²) in [6, 6.07) is 7.89. The second-order valence-corrected chi connectivity index (χ2v) is 6.87. The number of hydrogen-bond acceptors (Lipinski definition) is 5. The smallest absolute Gasteiger partial charge is 0.220 e. The second-order valence-electron chi connectivity index (χ2n) is 4.57. The Hall–Kier alpha value is -1.11. The number of aromatic nitrogens is 1. The molecule has 0 bridgehead atoms. The van der Waals surface area contributed by atoms with Gasteiger partial charge in [0, 0.05) is 47.7 Å². The maximum atomic E-state index is 12.5. The van der Waals surface area contributed by atoms with Crippen LogP contribution in [-0.4, -0.2) is 16.0 Å². The summed E-state index contributed by atoms with van der Waals surface area (Å²) in [6.07, 6.45) is 3.52. The van der Waals surface area contributed by atoms with Crippen LogP contribution in [0.4, 0.5) is 5.69 Å². The van der Waals surface area contributed by atoms with Gasteiger partial charge in [0.15, 0.2) is 0 Å². The summed E-state index contributed by atoms with van der Waals surface area (Å²) in [5.74, 6) is -0.248. The molecule has 1 heterocycles. The fraction of sp³-hybridized carbons (Fsp3) is 0.200. The van der Waals surface area contributed by atoms with Crippen LogP contribution in [0.1, 0.15) is 23.0 Å². The van der Waals surface area contributed by atoms with E-state index >= 15 is 0 Å². The van der Waals surface area contributed by atoms with Gasteiger partial charge in [0.25, 0.3) is 0 Å².